The summed E-state index contributed by atoms with van der Waals surface area (Å²) >= 11 is 0. The van der Waals surface area contributed by atoms with Gasteiger partial charge in [0.1, 0.15) is 0 Å². The summed E-state index contributed by atoms with van der Waals surface area (Å²) in [5.41, 5.74) is 2.34. The van der Waals surface area contributed by atoms with Crippen molar-refractivity contribution >= 4 is 0 Å². The molecular formula is C12H18. The lowest BCUT2D eigenvalue weighted by atomic mass is 9.90. The maximum Gasteiger partial charge on any atom is -0.00444 e. The number of hydrogen-bond acceptors (Lipinski definition) is 0. The molecule has 0 heteroatoms. The van der Waals surface area contributed by atoms with Gasteiger partial charge in [-0.2, -0.15) is 0 Å². The summed E-state index contributed by atoms with van der Waals surface area (Å²) in [6.07, 6.45) is 12.4. The fourth-order valence-electron chi connectivity index (χ4n) is 2.74. The van der Waals surface area contributed by atoms with Crippen LogP contribution in [0, 0.1) is 11.3 Å². The SMILES string of the molecule is C/C=C/C=C1/C2CCCCC12C. The van der Waals surface area contributed by atoms with Crippen LogP contribution in [0.25, 0.3) is 0 Å². The van der Waals surface area contributed by atoms with Gasteiger partial charge in [-0.15, -0.1) is 0 Å². The zero-order valence-electron chi connectivity index (χ0n) is 8.14. The van der Waals surface area contributed by atoms with E-state index >= 15 is 0 Å². The quantitative estimate of drug-likeness (QED) is 0.551. The maximum absolute atomic E-state index is 2.44. The molecule has 0 aromatic carbocycles. The van der Waals surface area contributed by atoms with Crippen LogP contribution in [0.5, 0.6) is 0 Å². The Morgan fingerprint density at radius 2 is 2.25 bits per heavy atom. The van der Waals surface area contributed by atoms with E-state index in [4.69, 9.17) is 0 Å². The smallest absolute Gasteiger partial charge is 0.00444 e. The Labute approximate surface area is 75.4 Å². The topological polar surface area (TPSA) is 0 Å². The monoisotopic (exact) mass is 162 g/mol. The molecule has 2 atom stereocenters. The summed E-state index contributed by atoms with van der Waals surface area (Å²) in [7, 11) is 0. The van der Waals surface area contributed by atoms with Gasteiger partial charge in [0.2, 0.25) is 0 Å². The van der Waals surface area contributed by atoms with Crippen molar-refractivity contribution in [3.05, 3.63) is 23.8 Å². The summed E-state index contributed by atoms with van der Waals surface area (Å²) in [4.78, 5) is 0. The summed E-state index contributed by atoms with van der Waals surface area (Å²) in [6, 6.07) is 0. The van der Waals surface area contributed by atoms with E-state index in [0.717, 1.165) is 5.92 Å². The van der Waals surface area contributed by atoms with E-state index in [1.807, 2.05) is 0 Å². The van der Waals surface area contributed by atoms with Crippen LogP contribution in [0.15, 0.2) is 23.8 Å². The van der Waals surface area contributed by atoms with Crippen LogP contribution < -0.4 is 0 Å². The lowest BCUT2D eigenvalue weighted by Crippen LogP contribution is -2.03. The van der Waals surface area contributed by atoms with Gasteiger partial charge in [0.15, 0.2) is 0 Å². The molecular weight excluding hydrogens is 144 g/mol. The molecule has 2 saturated carbocycles. The molecule has 0 aliphatic heterocycles. The number of rotatable bonds is 1. The minimum atomic E-state index is 0.623. The molecule has 66 valence electrons. The largest absolute Gasteiger partial charge is 0.0877 e. The lowest BCUT2D eigenvalue weighted by Gasteiger charge is -2.14. The van der Waals surface area contributed by atoms with Gasteiger partial charge >= 0.3 is 0 Å². The average Bonchev–Trinajstić information content (AvgIpc) is 2.67. The summed E-state index contributed by atoms with van der Waals surface area (Å²) in [5, 5.41) is 0. The van der Waals surface area contributed by atoms with Crippen LogP contribution in [-0.4, -0.2) is 0 Å². The molecule has 0 bridgehead atoms. The van der Waals surface area contributed by atoms with E-state index in [9.17, 15) is 0 Å². The molecule has 2 unspecified atom stereocenters. The first-order chi connectivity index (χ1) is 5.79. The zero-order chi connectivity index (χ0) is 8.60. The molecule has 0 aromatic rings. The van der Waals surface area contributed by atoms with Crippen molar-refractivity contribution in [1.29, 1.82) is 0 Å². The van der Waals surface area contributed by atoms with Crippen LogP contribution >= 0.6 is 0 Å². The molecule has 2 aliphatic rings. The van der Waals surface area contributed by atoms with Gasteiger partial charge in [0.25, 0.3) is 0 Å². The van der Waals surface area contributed by atoms with E-state index in [1.165, 1.54) is 25.7 Å². The third-order valence-corrected chi connectivity index (χ3v) is 3.63. The second-order valence-corrected chi connectivity index (χ2v) is 4.36. The highest BCUT2D eigenvalue weighted by Gasteiger charge is 2.55. The van der Waals surface area contributed by atoms with Gasteiger partial charge < -0.3 is 0 Å². The molecule has 2 rings (SSSR count). The van der Waals surface area contributed by atoms with Crippen molar-refractivity contribution in [3.63, 3.8) is 0 Å². The molecule has 0 aromatic heterocycles. The Morgan fingerprint density at radius 3 is 2.83 bits per heavy atom. The molecule has 0 heterocycles. The third-order valence-electron chi connectivity index (χ3n) is 3.63. The van der Waals surface area contributed by atoms with Crippen LogP contribution in [0.2, 0.25) is 0 Å². The van der Waals surface area contributed by atoms with Crippen molar-refractivity contribution in [1.82, 2.24) is 0 Å². The molecule has 0 N–H and O–H groups in total. The van der Waals surface area contributed by atoms with Crippen LogP contribution in [0.4, 0.5) is 0 Å². The Balaban J connectivity index is 2.12. The van der Waals surface area contributed by atoms with Crippen molar-refractivity contribution in [2.75, 3.05) is 0 Å². The molecule has 0 radical (unpaired) electrons. The van der Waals surface area contributed by atoms with Crippen molar-refractivity contribution < 1.29 is 0 Å². The molecule has 2 aliphatic carbocycles. The molecule has 12 heavy (non-hydrogen) atoms. The van der Waals surface area contributed by atoms with Crippen LogP contribution in [0.3, 0.4) is 0 Å². The second kappa shape index (κ2) is 2.76. The number of hydrogen-bond donors (Lipinski definition) is 0. The summed E-state index contributed by atoms with van der Waals surface area (Å²) in [5.74, 6) is 0.947. The first kappa shape index (κ1) is 8.10. The summed E-state index contributed by atoms with van der Waals surface area (Å²) < 4.78 is 0. The van der Waals surface area contributed by atoms with Gasteiger partial charge in [-0.3, -0.25) is 0 Å². The van der Waals surface area contributed by atoms with Crippen molar-refractivity contribution in [2.24, 2.45) is 11.3 Å². The van der Waals surface area contributed by atoms with E-state index in [1.54, 1.807) is 5.57 Å². The fraction of sp³-hybridized carbons (Fsp3) is 0.667. The van der Waals surface area contributed by atoms with Crippen molar-refractivity contribution in [2.45, 2.75) is 39.5 Å². The van der Waals surface area contributed by atoms with Gasteiger partial charge in [-0.1, -0.05) is 43.6 Å². The number of allylic oxidation sites excluding steroid dienone is 4. The van der Waals surface area contributed by atoms with Gasteiger partial charge in [-0.25, -0.2) is 0 Å². The van der Waals surface area contributed by atoms with Crippen LogP contribution in [0.1, 0.15) is 39.5 Å². The lowest BCUT2D eigenvalue weighted by molar-refractivity contribution is 0.369. The molecule has 0 spiro atoms. The van der Waals surface area contributed by atoms with Crippen LogP contribution in [-0.2, 0) is 0 Å². The van der Waals surface area contributed by atoms with E-state index in [2.05, 4.69) is 32.1 Å². The van der Waals surface area contributed by atoms with Gasteiger partial charge in [0, 0.05) is 0 Å². The number of fused-ring (bicyclic) bond motifs is 1. The Hall–Kier alpha value is -0.520. The first-order valence-electron chi connectivity index (χ1n) is 5.12. The maximum atomic E-state index is 2.44. The standard InChI is InChI=1S/C12H18/c1-3-4-7-10-11-8-5-6-9-12(10,11)2/h3-4,7,11H,5-6,8-9H2,1-2H3/b4-3+,10-7-. The molecule has 0 amide bonds. The second-order valence-electron chi connectivity index (χ2n) is 4.36. The van der Waals surface area contributed by atoms with E-state index in [0.29, 0.717) is 5.41 Å². The first-order valence-corrected chi connectivity index (χ1v) is 5.12. The normalized spacial score (nSPS) is 43.5. The van der Waals surface area contributed by atoms with Gasteiger partial charge in [-0.05, 0) is 31.1 Å². The highest BCUT2D eigenvalue weighted by Crippen LogP contribution is 2.65. The van der Waals surface area contributed by atoms with E-state index in [-0.39, 0.29) is 0 Å². The highest BCUT2D eigenvalue weighted by molar-refractivity contribution is 5.40. The molecule has 2 fully saturated rings. The summed E-state index contributed by atoms with van der Waals surface area (Å²) in [6.45, 7) is 4.53. The Bertz CT molecular complexity index is 234. The third kappa shape index (κ3) is 1.05. The molecule has 0 nitrogen and oxygen atoms in total. The fourth-order valence-corrected chi connectivity index (χ4v) is 2.74. The van der Waals surface area contributed by atoms with Crippen molar-refractivity contribution in [3.8, 4) is 0 Å². The minimum Gasteiger partial charge on any atom is -0.0877 e. The Morgan fingerprint density at radius 1 is 1.42 bits per heavy atom. The predicted molar refractivity (Wildman–Crippen MR) is 53.0 cm³/mol. The minimum absolute atomic E-state index is 0.623. The van der Waals surface area contributed by atoms with E-state index < -0.39 is 0 Å². The predicted octanol–water partition coefficient (Wildman–Crippen LogP) is 3.70. The molecule has 0 saturated heterocycles. The highest BCUT2D eigenvalue weighted by atomic mass is 14.6. The van der Waals surface area contributed by atoms with Gasteiger partial charge in [0.05, 0.1) is 0 Å². The Kier molecular flexibility index (Phi) is 1.86. The zero-order valence-corrected chi connectivity index (χ0v) is 8.14. The average molecular weight is 162 g/mol.